The van der Waals surface area contributed by atoms with Gasteiger partial charge in [-0.1, -0.05) is 36.5 Å². The highest BCUT2D eigenvalue weighted by Crippen LogP contribution is 2.28. The first-order valence-corrected chi connectivity index (χ1v) is 7.77. The summed E-state index contributed by atoms with van der Waals surface area (Å²) in [4.78, 5) is 0. The Bertz CT molecular complexity index is 418. The first-order chi connectivity index (χ1) is 10.8. The summed E-state index contributed by atoms with van der Waals surface area (Å²) in [5.41, 5.74) is 2.83. The fourth-order valence-corrected chi connectivity index (χ4v) is 2.22. The first kappa shape index (κ1) is 20.1. The molecule has 0 aliphatic carbocycles. The number of methoxy groups -OCH3 is 1. The van der Waals surface area contributed by atoms with Gasteiger partial charge in [0.05, 0.1) is 26.4 Å². The molecule has 5 heteroatoms. The quantitative estimate of drug-likeness (QED) is 0.546. The maximum atomic E-state index is 5.95. The molecular weight excluding hydrogens is 296 g/mol. The predicted molar refractivity (Wildman–Crippen MR) is 90.4 cm³/mol. The third-order valence-corrected chi connectivity index (χ3v) is 3.17. The van der Waals surface area contributed by atoms with Gasteiger partial charge < -0.3 is 23.7 Å². The van der Waals surface area contributed by atoms with Crippen LogP contribution in [-0.2, 0) is 23.7 Å². The van der Waals surface area contributed by atoms with Crippen LogP contribution in [0, 0.1) is 0 Å². The summed E-state index contributed by atoms with van der Waals surface area (Å²) in [6.07, 6.45) is -1.40. The van der Waals surface area contributed by atoms with Gasteiger partial charge in [0, 0.05) is 7.11 Å². The maximum Gasteiger partial charge on any atom is 0.186 e. The second-order valence-electron chi connectivity index (χ2n) is 6.22. The summed E-state index contributed by atoms with van der Waals surface area (Å²) >= 11 is 0. The van der Waals surface area contributed by atoms with E-state index in [9.17, 15) is 0 Å². The largest absolute Gasteiger partial charge is 0.374 e. The van der Waals surface area contributed by atoms with E-state index in [1.807, 2.05) is 20.8 Å². The molecule has 0 aromatic carbocycles. The molecule has 0 amide bonds. The van der Waals surface area contributed by atoms with Crippen molar-refractivity contribution in [3.63, 3.8) is 0 Å². The zero-order valence-corrected chi connectivity index (χ0v) is 14.8. The lowest BCUT2D eigenvalue weighted by molar-refractivity contribution is -0.165. The zero-order chi connectivity index (χ0) is 17.4. The normalized spacial score (nSPS) is 27.1. The molecule has 0 aromatic heterocycles. The van der Waals surface area contributed by atoms with Gasteiger partial charge >= 0.3 is 0 Å². The molecule has 0 aromatic rings. The summed E-state index contributed by atoms with van der Waals surface area (Å²) in [6, 6.07) is 0. The average molecular weight is 326 g/mol. The van der Waals surface area contributed by atoms with Gasteiger partial charge in [-0.3, -0.25) is 0 Å². The molecule has 132 valence electrons. The molecule has 4 atom stereocenters. The molecule has 1 unspecified atom stereocenters. The SMILES string of the molecule is C=C(C)COC[C@H]1OC(OC)[C@H](OCC(=C)C)[C@@H]1OCC(=C)C. The minimum Gasteiger partial charge on any atom is -0.374 e. The van der Waals surface area contributed by atoms with Gasteiger partial charge in [-0.2, -0.15) is 0 Å². The average Bonchev–Trinajstić information content (AvgIpc) is 2.79. The second-order valence-corrected chi connectivity index (χ2v) is 6.22. The monoisotopic (exact) mass is 326 g/mol. The van der Waals surface area contributed by atoms with Crippen LogP contribution < -0.4 is 0 Å². The fraction of sp³-hybridized carbons (Fsp3) is 0.667. The van der Waals surface area contributed by atoms with Crippen LogP contribution >= 0.6 is 0 Å². The van der Waals surface area contributed by atoms with Crippen molar-refractivity contribution in [2.24, 2.45) is 0 Å². The van der Waals surface area contributed by atoms with E-state index in [1.165, 1.54) is 0 Å². The van der Waals surface area contributed by atoms with Gasteiger partial charge in [0.25, 0.3) is 0 Å². The number of ether oxygens (including phenoxy) is 5. The summed E-state index contributed by atoms with van der Waals surface area (Å²) in [7, 11) is 1.59. The molecule has 1 rings (SSSR count). The van der Waals surface area contributed by atoms with E-state index >= 15 is 0 Å². The van der Waals surface area contributed by atoms with Crippen molar-refractivity contribution in [2.45, 2.75) is 45.4 Å². The van der Waals surface area contributed by atoms with Gasteiger partial charge in [0.1, 0.15) is 18.3 Å². The minimum absolute atomic E-state index is 0.270. The topological polar surface area (TPSA) is 46.2 Å². The van der Waals surface area contributed by atoms with Crippen molar-refractivity contribution in [1.29, 1.82) is 0 Å². The molecule has 1 heterocycles. The summed E-state index contributed by atoms with van der Waals surface area (Å²) in [6.45, 7) is 19.0. The van der Waals surface area contributed by atoms with E-state index < -0.39 is 6.29 Å². The fourth-order valence-electron chi connectivity index (χ4n) is 2.22. The third kappa shape index (κ3) is 6.97. The third-order valence-electron chi connectivity index (χ3n) is 3.17. The van der Waals surface area contributed by atoms with Crippen molar-refractivity contribution < 1.29 is 23.7 Å². The number of hydrogen-bond donors (Lipinski definition) is 0. The Balaban J connectivity index is 2.74. The Hall–Kier alpha value is -0.980. The molecule has 1 saturated heterocycles. The van der Waals surface area contributed by atoms with E-state index in [-0.39, 0.29) is 18.3 Å². The highest BCUT2D eigenvalue weighted by Gasteiger charge is 2.46. The molecule has 1 aliphatic rings. The predicted octanol–water partition coefficient (Wildman–Crippen LogP) is 2.87. The van der Waals surface area contributed by atoms with Crippen LogP contribution in [0.15, 0.2) is 36.5 Å². The smallest absolute Gasteiger partial charge is 0.186 e. The van der Waals surface area contributed by atoms with E-state index in [2.05, 4.69) is 19.7 Å². The van der Waals surface area contributed by atoms with Gasteiger partial charge in [0.2, 0.25) is 0 Å². The van der Waals surface area contributed by atoms with Crippen molar-refractivity contribution in [3.8, 4) is 0 Å². The Morgan fingerprint density at radius 1 is 0.870 bits per heavy atom. The Morgan fingerprint density at radius 2 is 1.39 bits per heavy atom. The molecule has 0 radical (unpaired) electrons. The lowest BCUT2D eigenvalue weighted by atomic mass is 10.1. The van der Waals surface area contributed by atoms with E-state index in [0.717, 1.165) is 16.7 Å². The molecule has 0 N–H and O–H groups in total. The lowest BCUT2D eigenvalue weighted by Crippen LogP contribution is -2.40. The van der Waals surface area contributed by atoms with Gasteiger partial charge in [-0.25, -0.2) is 0 Å². The molecule has 0 spiro atoms. The minimum atomic E-state index is -0.497. The van der Waals surface area contributed by atoms with Crippen molar-refractivity contribution >= 4 is 0 Å². The molecule has 1 fully saturated rings. The number of hydrogen-bond acceptors (Lipinski definition) is 5. The molecule has 0 saturated carbocycles. The maximum absolute atomic E-state index is 5.95. The Kier molecular flexibility index (Phi) is 8.73. The summed E-state index contributed by atoms with van der Waals surface area (Å²) in [5.74, 6) is 0. The van der Waals surface area contributed by atoms with Crippen LogP contribution in [-0.4, -0.2) is 58.1 Å². The van der Waals surface area contributed by atoms with Crippen LogP contribution in [0.5, 0.6) is 0 Å². The molecule has 5 nitrogen and oxygen atoms in total. The molecule has 1 aliphatic heterocycles. The van der Waals surface area contributed by atoms with Crippen molar-refractivity contribution in [1.82, 2.24) is 0 Å². The van der Waals surface area contributed by atoms with Crippen LogP contribution in [0.4, 0.5) is 0 Å². The van der Waals surface area contributed by atoms with Gasteiger partial charge in [-0.15, -0.1) is 0 Å². The Morgan fingerprint density at radius 3 is 1.87 bits per heavy atom. The molecule has 0 bridgehead atoms. The standard InChI is InChI=1S/C18H30O5/c1-12(2)8-20-11-15-16(21-9-13(3)4)17(18(19-7)23-15)22-10-14(5)6/h15-18H,1,3,5,8-11H2,2,4,6-7H3/t15-,16-,17-,18?/m1/s1. The summed E-state index contributed by atoms with van der Waals surface area (Å²) in [5, 5.41) is 0. The molecular formula is C18H30O5. The highest BCUT2D eigenvalue weighted by atomic mass is 16.7. The van der Waals surface area contributed by atoms with E-state index in [4.69, 9.17) is 23.7 Å². The number of rotatable bonds is 11. The van der Waals surface area contributed by atoms with E-state index in [0.29, 0.717) is 26.4 Å². The lowest BCUT2D eigenvalue weighted by Gasteiger charge is -2.24. The van der Waals surface area contributed by atoms with E-state index in [1.54, 1.807) is 7.11 Å². The first-order valence-electron chi connectivity index (χ1n) is 7.77. The second kappa shape index (κ2) is 10.0. The van der Waals surface area contributed by atoms with Crippen LogP contribution in [0.2, 0.25) is 0 Å². The van der Waals surface area contributed by atoms with Crippen molar-refractivity contribution in [3.05, 3.63) is 36.5 Å². The van der Waals surface area contributed by atoms with Crippen LogP contribution in [0.3, 0.4) is 0 Å². The molecule has 23 heavy (non-hydrogen) atoms. The van der Waals surface area contributed by atoms with Gasteiger partial charge in [0.15, 0.2) is 6.29 Å². The summed E-state index contributed by atoms with van der Waals surface area (Å²) < 4.78 is 28.8. The Labute approximate surface area is 139 Å². The van der Waals surface area contributed by atoms with Crippen molar-refractivity contribution in [2.75, 3.05) is 33.5 Å². The van der Waals surface area contributed by atoms with Crippen LogP contribution in [0.1, 0.15) is 20.8 Å². The highest BCUT2D eigenvalue weighted by molar-refractivity contribution is 4.96. The van der Waals surface area contributed by atoms with Crippen LogP contribution in [0.25, 0.3) is 0 Å². The van der Waals surface area contributed by atoms with Gasteiger partial charge in [-0.05, 0) is 20.8 Å². The zero-order valence-electron chi connectivity index (χ0n) is 14.8.